The lowest BCUT2D eigenvalue weighted by atomic mass is 10.1. The number of phenolic OH excluding ortho intramolecular Hbond substituents is 1. The summed E-state index contributed by atoms with van der Waals surface area (Å²) in [5.74, 6) is -0.489. The number of nitrogens with two attached hydrogens (primary N) is 1. The van der Waals surface area contributed by atoms with Crippen molar-refractivity contribution in [2.75, 3.05) is 0 Å². The smallest absolute Gasteiger partial charge is 0.416 e. The van der Waals surface area contributed by atoms with Gasteiger partial charge >= 0.3 is 6.18 Å². The molecule has 1 heterocycles. The van der Waals surface area contributed by atoms with Crippen LogP contribution >= 0.6 is 0 Å². The lowest BCUT2D eigenvalue weighted by Gasteiger charge is -2.10. The van der Waals surface area contributed by atoms with Crippen molar-refractivity contribution in [3.63, 3.8) is 0 Å². The summed E-state index contributed by atoms with van der Waals surface area (Å²) in [6.45, 7) is 0.177. The first kappa shape index (κ1) is 13.3. The van der Waals surface area contributed by atoms with Crippen LogP contribution in [0.2, 0.25) is 0 Å². The SMILES string of the molecule is NCc1cc(-c2ccc(C(F)(F)F)cc2O)ncn1. The summed E-state index contributed by atoms with van der Waals surface area (Å²) in [5, 5.41) is 9.68. The summed E-state index contributed by atoms with van der Waals surface area (Å²) in [4.78, 5) is 7.77. The third-order valence-electron chi connectivity index (χ3n) is 2.53. The number of phenols is 1. The normalized spacial score (nSPS) is 11.6. The Morgan fingerprint density at radius 3 is 2.47 bits per heavy atom. The van der Waals surface area contributed by atoms with Crippen LogP contribution in [0.15, 0.2) is 30.6 Å². The summed E-state index contributed by atoms with van der Waals surface area (Å²) >= 11 is 0. The van der Waals surface area contributed by atoms with Gasteiger partial charge in [-0.2, -0.15) is 13.2 Å². The van der Waals surface area contributed by atoms with Crippen LogP contribution < -0.4 is 5.73 Å². The third-order valence-corrected chi connectivity index (χ3v) is 2.53. The van der Waals surface area contributed by atoms with Crippen LogP contribution in [0.5, 0.6) is 5.75 Å². The van der Waals surface area contributed by atoms with E-state index in [1.165, 1.54) is 18.5 Å². The molecule has 7 heteroatoms. The molecule has 1 aromatic carbocycles. The minimum absolute atomic E-state index is 0.177. The molecule has 0 aliphatic carbocycles. The summed E-state index contributed by atoms with van der Waals surface area (Å²) in [7, 11) is 0. The third kappa shape index (κ3) is 2.82. The molecule has 0 unspecified atom stereocenters. The van der Waals surface area contributed by atoms with Crippen molar-refractivity contribution in [3.05, 3.63) is 41.9 Å². The fraction of sp³-hybridized carbons (Fsp3) is 0.167. The first-order valence-corrected chi connectivity index (χ1v) is 5.33. The predicted molar refractivity (Wildman–Crippen MR) is 62.0 cm³/mol. The second-order valence-electron chi connectivity index (χ2n) is 3.83. The molecule has 2 rings (SSSR count). The average Bonchev–Trinajstić information content (AvgIpc) is 2.37. The molecule has 0 saturated carbocycles. The monoisotopic (exact) mass is 269 g/mol. The van der Waals surface area contributed by atoms with Crippen LogP contribution in [0, 0.1) is 0 Å². The highest BCUT2D eigenvalue weighted by Crippen LogP contribution is 2.35. The molecule has 0 aliphatic heterocycles. The van der Waals surface area contributed by atoms with E-state index in [-0.39, 0.29) is 12.1 Å². The van der Waals surface area contributed by atoms with Gasteiger partial charge < -0.3 is 10.8 Å². The molecule has 1 aromatic heterocycles. The fourth-order valence-corrected chi connectivity index (χ4v) is 1.58. The van der Waals surface area contributed by atoms with Crippen LogP contribution in [0.4, 0.5) is 13.2 Å². The summed E-state index contributed by atoms with van der Waals surface area (Å²) < 4.78 is 37.4. The Bertz CT molecular complexity index is 599. The lowest BCUT2D eigenvalue weighted by molar-refractivity contribution is -0.137. The zero-order valence-electron chi connectivity index (χ0n) is 9.65. The first-order valence-electron chi connectivity index (χ1n) is 5.33. The molecule has 0 amide bonds. The number of alkyl halides is 3. The van der Waals surface area contributed by atoms with E-state index in [0.717, 1.165) is 6.07 Å². The Kier molecular flexibility index (Phi) is 3.39. The van der Waals surface area contributed by atoms with Gasteiger partial charge in [0.25, 0.3) is 0 Å². The van der Waals surface area contributed by atoms with Gasteiger partial charge in [0.15, 0.2) is 0 Å². The van der Waals surface area contributed by atoms with Gasteiger partial charge in [0.05, 0.1) is 17.0 Å². The van der Waals surface area contributed by atoms with Gasteiger partial charge in [-0.1, -0.05) is 0 Å². The van der Waals surface area contributed by atoms with Gasteiger partial charge in [-0.15, -0.1) is 0 Å². The van der Waals surface area contributed by atoms with Gasteiger partial charge in [-0.05, 0) is 24.3 Å². The molecule has 4 nitrogen and oxygen atoms in total. The van der Waals surface area contributed by atoms with Gasteiger partial charge in [0.1, 0.15) is 12.1 Å². The number of benzene rings is 1. The maximum absolute atomic E-state index is 12.5. The fourth-order valence-electron chi connectivity index (χ4n) is 1.58. The summed E-state index contributed by atoms with van der Waals surface area (Å²) in [5.41, 5.74) is 5.55. The number of nitrogens with zero attached hydrogens (tertiary/aromatic N) is 2. The van der Waals surface area contributed by atoms with Crippen molar-refractivity contribution in [1.29, 1.82) is 0 Å². The van der Waals surface area contributed by atoms with E-state index in [9.17, 15) is 18.3 Å². The maximum atomic E-state index is 12.5. The van der Waals surface area contributed by atoms with E-state index in [0.29, 0.717) is 17.5 Å². The van der Waals surface area contributed by atoms with E-state index in [4.69, 9.17) is 5.73 Å². The number of aromatic nitrogens is 2. The van der Waals surface area contributed by atoms with Crippen LogP contribution in [-0.2, 0) is 12.7 Å². The number of rotatable bonds is 2. The number of aromatic hydroxyl groups is 1. The van der Waals surface area contributed by atoms with E-state index >= 15 is 0 Å². The summed E-state index contributed by atoms with van der Waals surface area (Å²) in [6.07, 6.45) is -3.25. The second kappa shape index (κ2) is 4.85. The van der Waals surface area contributed by atoms with Crippen molar-refractivity contribution in [3.8, 4) is 17.0 Å². The number of hydrogen-bond acceptors (Lipinski definition) is 4. The zero-order chi connectivity index (χ0) is 14.0. The standard InChI is InChI=1S/C12H10F3N3O/c13-12(14,15)7-1-2-9(11(19)3-7)10-4-8(5-16)17-6-18-10/h1-4,6,19H,5,16H2. The minimum atomic E-state index is -4.50. The Morgan fingerprint density at radius 2 is 1.89 bits per heavy atom. The number of halogens is 3. The Labute approximate surface area is 106 Å². The van der Waals surface area contributed by atoms with Crippen LogP contribution in [0.25, 0.3) is 11.3 Å². The first-order chi connectivity index (χ1) is 8.91. The predicted octanol–water partition coefficient (Wildman–Crippen LogP) is 2.33. The zero-order valence-corrected chi connectivity index (χ0v) is 9.65. The minimum Gasteiger partial charge on any atom is -0.507 e. The molecule has 19 heavy (non-hydrogen) atoms. The van der Waals surface area contributed by atoms with Gasteiger partial charge in [-0.3, -0.25) is 0 Å². The Hall–Kier alpha value is -2.15. The molecule has 0 saturated heterocycles. The van der Waals surface area contributed by atoms with E-state index in [2.05, 4.69) is 9.97 Å². The van der Waals surface area contributed by atoms with E-state index in [1.807, 2.05) is 0 Å². The molecule has 3 N–H and O–H groups in total. The van der Waals surface area contributed by atoms with Gasteiger partial charge in [0, 0.05) is 12.1 Å². The second-order valence-corrected chi connectivity index (χ2v) is 3.83. The average molecular weight is 269 g/mol. The lowest BCUT2D eigenvalue weighted by Crippen LogP contribution is -2.04. The van der Waals surface area contributed by atoms with Crippen molar-refractivity contribution in [1.82, 2.24) is 9.97 Å². The Morgan fingerprint density at radius 1 is 1.16 bits per heavy atom. The molecule has 100 valence electrons. The van der Waals surface area contributed by atoms with Crippen molar-refractivity contribution >= 4 is 0 Å². The molecule has 0 spiro atoms. The largest absolute Gasteiger partial charge is 0.507 e. The number of hydrogen-bond donors (Lipinski definition) is 2. The van der Waals surface area contributed by atoms with E-state index in [1.54, 1.807) is 0 Å². The van der Waals surface area contributed by atoms with Crippen LogP contribution in [0.1, 0.15) is 11.3 Å². The molecule has 2 aromatic rings. The highest BCUT2D eigenvalue weighted by molar-refractivity contribution is 5.67. The quantitative estimate of drug-likeness (QED) is 0.877. The molecular formula is C12H10F3N3O. The van der Waals surface area contributed by atoms with Crippen LogP contribution in [0.3, 0.4) is 0 Å². The van der Waals surface area contributed by atoms with Crippen molar-refractivity contribution in [2.24, 2.45) is 5.73 Å². The molecule has 0 aliphatic rings. The molecule has 0 bridgehead atoms. The van der Waals surface area contributed by atoms with Gasteiger partial charge in [0.2, 0.25) is 0 Å². The molecule has 0 atom stereocenters. The molecule has 0 radical (unpaired) electrons. The van der Waals surface area contributed by atoms with Crippen LogP contribution in [-0.4, -0.2) is 15.1 Å². The summed E-state index contributed by atoms with van der Waals surface area (Å²) in [6, 6.07) is 4.24. The van der Waals surface area contributed by atoms with Gasteiger partial charge in [-0.25, -0.2) is 9.97 Å². The van der Waals surface area contributed by atoms with Crippen molar-refractivity contribution < 1.29 is 18.3 Å². The van der Waals surface area contributed by atoms with Crippen molar-refractivity contribution in [2.45, 2.75) is 12.7 Å². The van der Waals surface area contributed by atoms with E-state index < -0.39 is 17.5 Å². The highest BCUT2D eigenvalue weighted by Gasteiger charge is 2.31. The molecule has 0 fully saturated rings. The molecular weight excluding hydrogens is 259 g/mol. The topological polar surface area (TPSA) is 72.0 Å². The highest BCUT2D eigenvalue weighted by atomic mass is 19.4. The Balaban J connectivity index is 2.46. The maximum Gasteiger partial charge on any atom is 0.416 e.